The molecule has 82 valence electrons. The topological polar surface area (TPSA) is 59.8 Å². The predicted molar refractivity (Wildman–Crippen MR) is 59.7 cm³/mol. The number of aromatic nitrogens is 3. The first-order chi connectivity index (χ1) is 7.84. The third kappa shape index (κ3) is 2.91. The lowest BCUT2D eigenvalue weighted by Crippen LogP contribution is -2.14. The van der Waals surface area contributed by atoms with E-state index in [-0.39, 0.29) is 5.91 Å². The van der Waals surface area contributed by atoms with Crippen LogP contribution in [0.2, 0.25) is 0 Å². The van der Waals surface area contributed by atoms with Gasteiger partial charge in [0.15, 0.2) is 0 Å². The molecule has 0 atom stereocenters. The Hall–Kier alpha value is -2.17. The summed E-state index contributed by atoms with van der Waals surface area (Å²) in [5, 5.41) is 6.78. The van der Waals surface area contributed by atoms with E-state index >= 15 is 0 Å². The number of rotatable bonds is 4. The Morgan fingerprint density at radius 3 is 3.00 bits per heavy atom. The molecular weight excluding hydrogens is 204 g/mol. The van der Waals surface area contributed by atoms with E-state index in [0.717, 1.165) is 0 Å². The molecule has 2 heterocycles. The summed E-state index contributed by atoms with van der Waals surface area (Å²) in [6.07, 6.45) is 7.21. The number of carbonyl (C=O) groups is 1. The highest BCUT2D eigenvalue weighted by atomic mass is 16.1. The normalized spacial score (nSPS) is 10.0. The summed E-state index contributed by atoms with van der Waals surface area (Å²) in [5.74, 6) is -0.0384. The third-order valence-corrected chi connectivity index (χ3v) is 2.07. The van der Waals surface area contributed by atoms with Crippen LogP contribution in [0.3, 0.4) is 0 Å². The molecule has 2 aromatic rings. The maximum absolute atomic E-state index is 11.5. The van der Waals surface area contributed by atoms with Gasteiger partial charge in [0.2, 0.25) is 5.91 Å². The predicted octanol–water partition coefficient (Wildman–Crippen LogP) is 1.31. The van der Waals surface area contributed by atoms with Gasteiger partial charge in [-0.1, -0.05) is 0 Å². The molecule has 5 nitrogen and oxygen atoms in total. The quantitative estimate of drug-likeness (QED) is 0.838. The summed E-state index contributed by atoms with van der Waals surface area (Å²) in [4.78, 5) is 15.4. The zero-order valence-electron chi connectivity index (χ0n) is 8.71. The van der Waals surface area contributed by atoms with Crippen molar-refractivity contribution in [3.8, 4) is 0 Å². The second-order valence-corrected chi connectivity index (χ2v) is 3.31. The van der Waals surface area contributed by atoms with Crippen molar-refractivity contribution in [3.63, 3.8) is 0 Å². The van der Waals surface area contributed by atoms with Gasteiger partial charge >= 0.3 is 0 Å². The van der Waals surface area contributed by atoms with Crippen LogP contribution in [0.25, 0.3) is 0 Å². The zero-order chi connectivity index (χ0) is 11.2. The Morgan fingerprint density at radius 1 is 1.38 bits per heavy atom. The first-order valence-electron chi connectivity index (χ1n) is 5.02. The van der Waals surface area contributed by atoms with Crippen LogP contribution in [0, 0.1) is 0 Å². The third-order valence-electron chi connectivity index (χ3n) is 2.07. The largest absolute Gasteiger partial charge is 0.325 e. The first-order valence-corrected chi connectivity index (χ1v) is 5.02. The summed E-state index contributed by atoms with van der Waals surface area (Å²) in [6.45, 7) is 0.582. The maximum atomic E-state index is 11.5. The van der Waals surface area contributed by atoms with Crippen molar-refractivity contribution in [2.75, 3.05) is 5.32 Å². The molecule has 0 radical (unpaired) electrons. The molecule has 5 heteroatoms. The summed E-state index contributed by atoms with van der Waals surface area (Å²) in [5.41, 5.74) is 0.716. The average molecular weight is 216 g/mol. The molecule has 2 aromatic heterocycles. The van der Waals surface area contributed by atoms with Gasteiger partial charge in [-0.3, -0.25) is 14.5 Å². The first kappa shape index (κ1) is 10.4. The van der Waals surface area contributed by atoms with E-state index in [0.29, 0.717) is 18.7 Å². The Kier molecular flexibility index (Phi) is 3.28. The molecule has 0 unspecified atom stereocenters. The van der Waals surface area contributed by atoms with Crippen molar-refractivity contribution in [2.24, 2.45) is 0 Å². The second kappa shape index (κ2) is 5.06. The number of hydrogen-bond donors (Lipinski definition) is 1. The molecule has 2 rings (SSSR count). The number of amides is 1. The summed E-state index contributed by atoms with van der Waals surface area (Å²) < 4.78 is 1.73. The van der Waals surface area contributed by atoms with Gasteiger partial charge < -0.3 is 5.32 Å². The van der Waals surface area contributed by atoms with E-state index in [1.54, 1.807) is 35.4 Å². The molecule has 0 spiro atoms. The van der Waals surface area contributed by atoms with Gasteiger partial charge in [0.05, 0.1) is 11.9 Å². The lowest BCUT2D eigenvalue weighted by atomic mass is 10.3. The molecule has 0 aliphatic rings. The molecule has 16 heavy (non-hydrogen) atoms. The highest BCUT2D eigenvalue weighted by Crippen LogP contribution is 2.03. The monoisotopic (exact) mass is 216 g/mol. The van der Waals surface area contributed by atoms with Crippen molar-refractivity contribution >= 4 is 11.6 Å². The molecule has 1 amide bonds. The van der Waals surface area contributed by atoms with Crippen LogP contribution >= 0.6 is 0 Å². The second-order valence-electron chi connectivity index (χ2n) is 3.31. The smallest absolute Gasteiger partial charge is 0.226 e. The lowest BCUT2D eigenvalue weighted by Gasteiger charge is -2.04. The zero-order valence-corrected chi connectivity index (χ0v) is 8.71. The van der Waals surface area contributed by atoms with Crippen molar-refractivity contribution in [1.29, 1.82) is 0 Å². The molecule has 0 aromatic carbocycles. The van der Waals surface area contributed by atoms with Crippen molar-refractivity contribution in [3.05, 3.63) is 43.0 Å². The minimum absolute atomic E-state index is 0.0384. The molecule has 0 aliphatic carbocycles. The number of aryl methyl sites for hydroxylation is 1. The van der Waals surface area contributed by atoms with Crippen LogP contribution in [-0.4, -0.2) is 20.7 Å². The van der Waals surface area contributed by atoms with Gasteiger partial charge in [0, 0.05) is 31.6 Å². The van der Waals surface area contributed by atoms with E-state index in [2.05, 4.69) is 15.4 Å². The fourth-order valence-electron chi connectivity index (χ4n) is 1.31. The molecule has 0 fully saturated rings. The minimum Gasteiger partial charge on any atom is -0.325 e. The summed E-state index contributed by atoms with van der Waals surface area (Å²) >= 11 is 0. The number of pyridine rings is 1. The fraction of sp³-hybridized carbons (Fsp3) is 0.182. The van der Waals surface area contributed by atoms with Gasteiger partial charge in [-0.25, -0.2) is 0 Å². The number of nitrogens with one attached hydrogen (secondary N) is 1. The highest BCUT2D eigenvalue weighted by Gasteiger charge is 2.02. The van der Waals surface area contributed by atoms with E-state index in [1.165, 1.54) is 0 Å². The molecule has 0 saturated carbocycles. The summed E-state index contributed by atoms with van der Waals surface area (Å²) in [7, 11) is 0. The highest BCUT2D eigenvalue weighted by molar-refractivity contribution is 5.90. The molecular formula is C11H12N4O. The van der Waals surface area contributed by atoms with Crippen LogP contribution in [-0.2, 0) is 11.3 Å². The summed E-state index contributed by atoms with van der Waals surface area (Å²) in [6, 6.07) is 5.42. The number of carbonyl (C=O) groups excluding carboxylic acids is 1. The Bertz CT molecular complexity index is 438. The van der Waals surface area contributed by atoms with Crippen molar-refractivity contribution in [1.82, 2.24) is 14.8 Å². The van der Waals surface area contributed by atoms with E-state index in [9.17, 15) is 4.79 Å². The van der Waals surface area contributed by atoms with Gasteiger partial charge in [0.25, 0.3) is 0 Å². The lowest BCUT2D eigenvalue weighted by molar-refractivity contribution is -0.116. The van der Waals surface area contributed by atoms with Crippen LogP contribution in [0.4, 0.5) is 5.69 Å². The number of hydrogen-bond acceptors (Lipinski definition) is 3. The van der Waals surface area contributed by atoms with E-state index in [1.807, 2.05) is 12.3 Å². The fourth-order valence-corrected chi connectivity index (χ4v) is 1.31. The average Bonchev–Trinajstić information content (AvgIpc) is 2.81. The number of nitrogens with zero attached hydrogens (tertiary/aromatic N) is 3. The van der Waals surface area contributed by atoms with E-state index in [4.69, 9.17) is 0 Å². The Morgan fingerprint density at radius 2 is 2.31 bits per heavy atom. The van der Waals surface area contributed by atoms with Crippen LogP contribution < -0.4 is 5.32 Å². The van der Waals surface area contributed by atoms with E-state index < -0.39 is 0 Å². The molecule has 1 N–H and O–H groups in total. The molecule has 0 bridgehead atoms. The SMILES string of the molecule is O=C(CCn1cccn1)Nc1cccnc1. The van der Waals surface area contributed by atoms with Crippen LogP contribution in [0.5, 0.6) is 0 Å². The van der Waals surface area contributed by atoms with Crippen molar-refractivity contribution < 1.29 is 4.79 Å². The Labute approximate surface area is 93.1 Å². The van der Waals surface area contributed by atoms with Gasteiger partial charge in [-0.05, 0) is 18.2 Å². The van der Waals surface area contributed by atoms with Gasteiger partial charge in [-0.2, -0.15) is 5.10 Å². The van der Waals surface area contributed by atoms with Crippen LogP contribution in [0.1, 0.15) is 6.42 Å². The van der Waals surface area contributed by atoms with Gasteiger partial charge in [-0.15, -0.1) is 0 Å². The van der Waals surface area contributed by atoms with Gasteiger partial charge in [0.1, 0.15) is 0 Å². The molecule has 0 aliphatic heterocycles. The standard InChI is InChI=1S/C11H12N4O/c16-11(4-8-15-7-2-6-13-15)14-10-3-1-5-12-9-10/h1-3,5-7,9H,4,8H2,(H,14,16). The minimum atomic E-state index is -0.0384. The maximum Gasteiger partial charge on any atom is 0.226 e. The molecule has 0 saturated heterocycles. The Balaban J connectivity index is 1.81. The number of anilines is 1. The van der Waals surface area contributed by atoms with Crippen molar-refractivity contribution in [2.45, 2.75) is 13.0 Å². The van der Waals surface area contributed by atoms with Crippen LogP contribution in [0.15, 0.2) is 43.0 Å².